The van der Waals surface area contributed by atoms with Crippen LogP contribution in [0.4, 0.5) is 0 Å². The van der Waals surface area contributed by atoms with E-state index in [0.29, 0.717) is 19.8 Å². The van der Waals surface area contributed by atoms with Crippen LogP contribution < -0.4 is 10.0 Å². The summed E-state index contributed by atoms with van der Waals surface area (Å²) >= 11 is 0. The third-order valence-corrected chi connectivity index (χ3v) is 4.52. The highest BCUT2D eigenvalue weighted by atomic mass is 32.2. The van der Waals surface area contributed by atoms with Crippen LogP contribution in [0.2, 0.25) is 0 Å². The van der Waals surface area contributed by atoms with Gasteiger partial charge in [0.15, 0.2) is 0 Å². The van der Waals surface area contributed by atoms with Gasteiger partial charge in [-0.15, -0.1) is 0 Å². The minimum atomic E-state index is -3.44. The van der Waals surface area contributed by atoms with Crippen LogP contribution in [0.1, 0.15) is 25.5 Å². The summed E-state index contributed by atoms with van der Waals surface area (Å²) in [5.41, 5.74) is 0.872. The van der Waals surface area contributed by atoms with E-state index in [1.807, 2.05) is 0 Å². The van der Waals surface area contributed by atoms with E-state index in [-0.39, 0.29) is 10.9 Å². The molecule has 2 heterocycles. The van der Waals surface area contributed by atoms with E-state index in [9.17, 15) is 8.42 Å². The molecule has 6 nitrogen and oxygen atoms in total. The molecule has 0 aliphatic carbocycles. The molecule has 1 aromatic rings. The van der Waals surface area contributed by atoms with Crippen LogP contribution in [0.25, 0.3) is 0 Å². The number of aromatic nitrogens is 1. The van der Waals surface area contributed by atoms with Crippen molar-refractivity contribution < 1.29 is 13.2 Å². The molecule has 0 saturated carbocycles. The van der Waals surface area contributed by atoms with Gasteiger partial charge < -0.3 is 15.0 Å². The Bertz CT molecular complexity index is 492. The lowest BCUT2D eigenvalue weighted by molar-refractivity contribution is 0.192. The maximum atomic E-state index is 12.1. The predicted molar refractivity (Wildman–Crippen MR) is 72.3 cm³/mol. The Labute approximate surface area is 114 Å². The number of hydrogen-bond donors (Lipinski definition) is 3. The van der Waals surface area contributed by atoms with Crippen molar-refractivity contribution in [2.75, 3.05) is 19.8 Å². The van der Waals surface area contributed by atoms with Gasteiger partial charge in [0.1, 0.15) is 0 Å². The fourth-order valence-electron chi connectivity index (χ4n) is 1.99. The normalized spacial score (nSPS) is 19.9. The standard InChI is InChI=1S/C12H21N3O3S/c1-2-4-13-7-11-6-12(8-14-11)19(16,17)15-10-3-5-18-9-10/h6,8,10,13-15H,2-5,7,9H2,1H3. The van der Waals surface area contributed by atoms with E-state index in [1.165, 1.54) is 6.20 Å². The van der Waals surface area contributed by atoms with Gasteiger partial charge >= 0.3 is 0 Å². The smallest absolute Gasteiger partial charge is 0.242 e. The molecule has 7 heteroatoms. The quantitative estimate of drug-likeness (QED) is 0.641. The third-order valence-electron chi connectivity index (χ3n) is 3.02. The van der Waals surface area contributed by atoms with Crippen LogP contribution >= 0.6 is 0 Å². The average Bonchev–Trinajstić information content (AvgIpc) is 3.00. The van der Waals surface area contributed by atoms with Gasteiger partial charge in [-0.1, -0.05) is 6.92 Å². The molecule has 1 unspecified atom stereocenters. The summed E-state index contributed by atoms with van der Waals surface area (Å²) < 4.78 is 32.1. The lowest BCUT2D eigenvalue weighted by Crippen LogP contribution is -2.34. The second-order valence-corrected chi connectivity index (χ2v) is 6.43. The summed E-state index contributed by atoms with van der Waals surface area (Å²) in [4.78, 5) is 3.27. The zero-order valence-corrected chi connectivity index (χ0v) is 11.9. The first kappa shape index (κ1) is 14.5. The molecule has 1 atom stereocenters. The van der Waals surface area contributed by atoms with E-state index < -0.39 is 10.0 Å². The molecule has 1 aliphatic heterocycles. The molecule has 2 rings (SSSR count). The van der Waals surface area contributed by atoms with Crippen LogP contribution in [-0.4, -0.2) is 39.2 Å². The Morgan fingerprint density at radius 1 is 1.53 bits per heavy atom. The number of sulfonamides is 1. The summed E-state index contributed by atoms with van der Waals surface area (Å²) in [7, 11) is -3.44. The molecule has 1 aromatic heterocycles. The molecule has 0 bridgehead atoms. The molecule has 0 radical (unpaired) electrons. The van der Waals surface area contributed by atoms with Crippen molar-refractivity contribution in [2.24, 2.45) is 0 Å². The maximum absolute atomic E-state index is 12.1. The molecule has 1 saturated heterocycles. The van der Waals surface area contributed by atoms with Gasteiger partial charge in [-0.25, -0.2) is 13.1 Å². The van der Waals surface area contributed by atoms with Gasteiger partial charge in [0.2, 0.25) is 10.0 Å². The number of aromatic amines is 1. The summed E-state index contributed by atoms with van der Waals surface area (Å²) in [6.07, 6.45) is 3.31. The van der Waals surface area contributed by atoms with Gasteiger partial charge in [0.05, 0.1) is 11.5 Å². The van der Waals surface area contributed by atoms with Crippen molar-refractivity contribution >= 4 is 10.0 Å². The fraction of sp³-hybridized carbons (Fsp3) is 0.667. The van der Waals surface area contributed by atoms with Gasteiger partial charge in [-0.3, -0.25) is 0 Å². The van der Waals surface area contributed by atoms with Crippen LogP contribution in [0.15, 0.2) is 17.2 Å². The second kappa shape index (κ2) is 6.51. The maximum Gasteiger partial charge on any atom is 0.242 e. The van der Waals surface area contributed by atoms with Crippen molar-refractivity contribution in [3.8, 4) is 0 Å². The van der Waals surface area contributed by atoms with E-state index in [1.54, 1.807) is 6.07 Å². The third kappa shape index (κ3) is 4.04. The zero-order valence-electron chi connectivity index (χ0n) is 11.1. The van der Waals surface area contributed by atoms with E-state index >= 15 is 0 Å². The summed E-state index contributed by atoms with van der Waals surface area (Å²) in [6.45, 7) is 4.72. The first-order valence-electron chi connectivity index (χ1n) is 6.60. The molecule has 1 aliphatic rings. The van der Waals surface area contributed by atoms with Gasteiger partial charge in [0.25, 0.3) is 0 Å². The number of ether oxygens (including phenoxy) is 1. The molecular formula is C12H21N3O3S. The Morgan fingerprint density at radius 3 is 3.05 bits per heavy atom. The van der Waals surface area contributed by atoms with Crippen LogP contribution in [-0.2, 0) is 21.3 Å². The highest BCUT2D eigenvalue weighted by Gasteiger charge is 2.24. The summed E-state index contributed by atoms with van der Waals surface area (Å²) in [5, 5.41) is 3.22. The van der Waals surface area contributed by atoms with Gasteiger partial charge in [-0.05, 0) is 25.5 Å². The minimum Gasteiger partial charge on any atom is -0.380 e. The Morgan fingerprint density at radius 2 is 2.37 bits per heavy atom. The largest absolute Gasteiger partial charge is 0.380 e. The highest BCUT2D eigenvalue weighted by Crippen LogP contribution is 2.13. The van der Waals surface area contributed by atoms with Crippen molar-refractivity contribution in [3.05, 3.63) is 18.0 Å². The van der Waals surface area contributed by atoms with Gasteiger partial charge in [-0.2, -0.15) is 0 Å². The number of H-pyrrole nitrogens is 1. The molecule has 0 amide bonds. The predicted octanol–water partition coefficient (Wildman–Crippen LogP) is 0.582. The van der Waals surface area contributed by atoms with E-state index in [4.69, 9.17) is 4.74 Å². The van der Waals surface area contributed by atoms with Crippen molar-refractivity contribution in [1.29, 1.82) is 0 Å². The molecule has 3 N–H and O–H groups in total. The molecule has 0 aromatic carbocycles. The Balaban J connectivity index is 1.95. The monoisotopic (exact) mass is 287 g/mol. The highest BCUT2D eigenvalue weighted by molar-refractivity contribution is 7.89. The average molecular weight is 287 g/mol. The first-order valence-corrected chi connectivity index (χ1v) is 8.08. The van der Waals surface area contributed by atoms with Crippen molar-refractivity contribution in [1.82, 2.24) is 15.0 Å². The summed E-state index contributed by atoms with van der Waals surface area (Å²) in [6, 6.07) is 1.56. The SMILES string of the molecule is CCCNCc1cc(S(=O)(=O)NC2CCOC2)c[nH]1. The molecule has 108 valence electrons. The second-order valence-electron chi connectivity index (χ2n) is 4.72. The zero-order chi connectivity index (χ0) is 13.7. The minimum absolute atomic E-state index is 0.110. The van der Waals surface area contributed by atoms with Crippen molar-refractivity contribution in [3.63, 3.8) is 0 Å². The summed E-state index contributed by atoms with van der Waals surface area (Å²) in [5.74, 6) is 0. The Hall–Kier alpha value is -0.890. The van der Waals surface area contributed by atoms with Crippen LogP contribution in [0, 0.1) is 0 Å². The number of hydrogen-bond acceptors (Lipinski definition) is 4. The van der Waals surface area contributed by atoms with Crippen LogP contribution in [0.3, 0.4) is 0 Å². The molecular weight excluding hydrogens is 266 g/mol. The van der Waals surface area contributed by atoms with Crippen LogP contribution in [0.5, 0.6) is 0 Å². The first-order chi connectivity index (χ1) is 9.12. The van der Waals surface area contributed by atoms with E-state index in [2.05, 4.69) is 21.9 Å². The lowest BCUT2D eigenvalue weighted by atomic mass is 10.3. The molecule has 0 spiro atoms. The fourth-order valence-corrected chi connectivity index (χ4v) is 3.26. The molecule has 19 heavy (non-hydrogen) atoms. The van der Waals surface area contributed by atoms with E-state index in [0.717, 1.165) is 25.1 Å². The lowest BCUT2D eigenvalue weighted by Gasteiger charge is -2.09. The van der Waals surface area contributed by atoms with Crippen molar-refractivity contribution in [2.45, 2.75) is 37.2 Å². The Kier molecular flexibility index (Phi) is 4.98. The topological polar surface area (TPSA) is 83.2 Å². The molecule has 1 fully saturated rings. The number of rotatable bonds is 7. The van der Waals surface area contributed by atoms with Gasteiger partial charge in [0, 0.05) is 31.1 Å². The number of nitrogens with one attached hydrogen (secondary N) is 3.